The van der Waals surface area contributed by atoms with Gasteiger partial charge in [-0.1, -0.05) is 0 Å². The number of carboxylic acid groups (broad SMARTS) is 1. The first-order valence-corrected chi connectivity index (χ1v) is 7.31. The van der Waals surface area contributed by atoms with E-state index in [9.17, 15) is 13.2 Å². The van der Waals surface area contributed by atoms with Crippen molar-refractivity contribution in [2.75, 3.05) is 29.5 Å². The van der Waals surface area contributed by atoms with Crippen molar-refractivity contribution in [1.29, 1.82) is 0 Å². The summed E-state index contributed by atoms with van der Waals surface area (Å²) in [5.74, 6) is -0.513. The van der Waals surface area contributed by atoms with Crippen LogP contribution >= 0.6 is 0 Å². The van der Waals surface area contributed by atoms with Crippen molar-refractivity contribution in [3.05, 3.63) is 18.1 Å². The van der Waals surface area contributed by atoms with E-state index in [1.54, 1.807) is 4.90 Å². The second-order valence-corrected chi connectivity index (χ2v) is 6.36. The number of nitrogens with zero attached hydrogens (tertiary/aromatic N) is 3. The fraction of sp³-hybridized carbons (Fsp3) is 0.500. The van der Waals surface area contributed by atoms with Crippen molar-refractivity contribution >= 4 is 21.6 Å². The van der Waals surface area contributed by atoms with Crippen LogP contribution in [0.3, 0.4) is 0 Å². The van der Waals surface area contributed by atoms with Crippen molar-refractivity contribution in [3.63, 3.8) is 0 Å². The van der Waals surface area contributed by atoms with Crippen LogP contribution in [0, 0.1) is 0 Å². The number of carbonyl (C=O) groups is 1. The van der Waals surface area contributed by atoms with E-state index in [-0.39, 0.29) is 17.2 Å². The van der Waals surface area contributed by atoms with Crippen molar-refractivity contribution in [2.24, 2.45) is 0 Å². The molecule has 8 heteroatoms. The highest BCUT2D eigenvalue weighted by molar-refractivity contribution is 7.91. The molecule has 0 radical (unpaired) electrons. The molecule has 0 unspecified atom stereocenters. The Balaban J connectivity index is 2.21. The molecule has 0 amide bonds. The number of aromatic nitrogens is 2. The Hall–Kier alpha value is -1.70. The third-order valence-corrected chi connectivity index (χ3v) is 4.44. The highest BCUT2D eigenvalue weighted by Gasteiger charge is 2.20. The molecule has 1 aliphatic rings. The molecule has 0 aromatic carbocycles. The van der Waals surface area contributed by atoms with Gasteiger partial charge in [-0.05, 0) is 6.42 Å². The van der Waals surface area contributed by atoms with Crippen LogP contribution in [-0.4, -0.2) is 54.1 Å². The molecule has 1 aliphatic heterocycles. The van der Waals surface area contributed by atoms with Crippen molar-refractivity contribution in [3.8, 4) is 0 Å². The highest BCUT2D eigenvalue weighted by Crippen LogP contribution is 2.14. The molecular weight excluding hydrogens is 258 g/mol. The molecule has 0 aliphatic carbocycles. The SMILES string of the molecule is O=C(O)c1cncc(N2CCCS(=O)(=O)CC2)n1. The topological polar surface area (TPSA) is 100 Å². The summed E-state index contributed by atoms with van der Waals surface area (Å²) in [7, 11) is -2.99. The van der Waals surface area contributed by atoms with Gasteiger partial charge in [0.25, 0.3) is 0 Å². The summed E-state index contributed by atoms with van der Waals surface area (Å²) in [6, 6.07) is 0. The zero-order chi connectivity index (χ0) is 13.2. The third kappa shape index (κ3) is 2.95. The number of anilines is 1. The van der Waals surface area contributed by atoms with Crippen LogP contribution in [0.15, 0.2) is 12.4 Å². The lowest BCUT2D eigenvalue weighted by atomic mass is 10.4. The molecule has 2 rings (SSSR count). The molecule has 1 fully saturated rings. The van der Waals surface area contributed by atoms with E-state index in [1.807, 2.05) is 0 Å². The van der Waals surface area contributed by atoms with Gasteiger partial charge in [-0.3, -0.25) is 4.98 Å². The summed E-state index contributed by atoms with van der Waals surface area (Å²) in [4.78, 5) is 20.3. The molecule has 0 spiro atoms. The number of hydrogen-bond acceptors (Lipinski definition) is 6. The standard InChI is InChI=1S/C10H13N3O4S/c14-10(15)8-6-11-7-9(12-8)13-2-1-4-18(16,17)5-3-13/h6-7H,1-5H2,(H,14,15). The second-order valence-electron chi connectivity index (χ2n) is 4.06. The Kier molecular flexibility index (Phi) is 3.46. The number of rotatable bonds is 2. The van der Waals surface area contributed by atoms with E-state index >= 15 is 0 Å². The number of sulfone groups is 1. The Morgan fingerprint density at radius 3 is 2.78 bits per heavy atom. The molecule has 7 nitrogen and oxygen atoms in total. The Labute approximate surface area is 104 Å². The number of carboxylic acids is 1. The Morgan fingerprint density at radius 2 is 2.06 bits per heavy atom. The molecule has 0 saturated carbocycles. The van der Waals surface area contributed by atoms with E-state index in [4.69, 9.17) is 5.11 Å². The lowest BCUT2D eigenvalue weighted by Gasteiger charge is -2.20. The van der Waals surface area contributed by atoms with Gasteiger partial charge in [0, 0.05) is 13.1 Å². The minimum atomic E-state index is -2.99. The quantitative estimate of drug-likeness (QED) is 0.794. The van der Waals surface area contributed by atoms with E-state index in [0.29, 0.717) is 25.3 Å². The lowest BCUT2D eigenvalue weighted by molar-refractivity contribution is 0.0690. The Morgan fingerprint density at radius 1 is 1.28 bits per heavy atom. The fourth-order valence-electron chi connectivity index (χ4n) is 1.78. The molecule has 1 N–H and O–H groups in total. The van der Waals surface area contributed by atoms with Gasteiger partial charge in [0.15, 0.2) is 15.5 Å². The normalized spacial score (nSPS) is 19.2. The second kappa shape index (κ2) is 4.89. The first kappa shape index (κ1) is 12.7. The summed E-state index contributed by atoms with van der Waals surface area (Å²) in [5.41, 5.74) is -0.139. The molecule has 0 bridgehead atoms. The molecular formula is C10H13N3O4S. The van der Waals surface area contributed by atoms with Gasteiger partial charge in [0.2, 0.25) is 0 Å². The molecule has 2 heterocycles. The van der Waals surface area contributed by atoms with E-state index in [2.05, 4.69) is 9.97 Å². The predicted octanol–water partition coefficient (Wildman–Crippen LogP) is -0.200. The van der Waals surface area contributed by atoms with Crippen LogP contribution in [0.5, 0.6) is 0 Å². The maximum atomic E-state index is 11.5. The predicted molar refractivity (Wildman–Crippen MR) is 64.5 cm³/mol. The number of hydrogen-bond donors (Lipinski definition) is 1. The maximum Gasteiger partial charge on any atom is 0.356 e. The van der Waals surface area contributed by atoms with Crippen molar-refractivity contribution in [2.45, 2.75) is 6.42 Å². The number of aromatic carboxylic acids is 1. The average molecular weight is 271 g/mol. The third-order valence-electron chi connectivity index (χ3n) is 2.72. The first-order valence-electron chi connectivity index (χ1n) is 5.49. The van der Waals surface area contributed by atoms with Gasteiger partial charge in [-0.15, -0.1) is 0 Å². The summed E-state index contributed by atoms with van der Waals surface area (Å²) in [6.07, 6.45) is 3.13. The zero-order valence-electron chi connectivity index (χ0n) is 9.61. The molecule has 0 atom stereocenters. The molecule has 1 saturated heterocycles. The van der Waals surface area contributed by atoms with Crippen LogP contribution in [-0.2, 0) is 9.84 Å². The van der Waals surface area contributed by atoms with E-state index < -0.39 is 15.8 Å². The minimum absolute atomic E-state index is 0.0615. The molecule has 1 aromatic rings. The fourth-order valence-corrected chi connectivity index (χ4v) is 3.05. The van der Waals surface area contributed by atoms with Gasteiger partial charge >= 0.3 is 5.97 Å². The van der Waals surface area contributed by atoms with Gasteiger partial charge in [0.1, 0.15) is 5.82 Å². The van der Waals surface area contributed by atoms with Crippen LogP contribution < -0.4 is 4.90 Å². The average Bonchev–Trinajstić information content (AvgIpc) is 2.50. The van der Waals surface area contributed by atoms with Crippen LogP contribution in [0.4, 0.5) is 5.82 Å². The monoisotopic (exact) mass is 271 g/mol. The molecule has 18 heavy (non-hydrogen) atoms. The van der Waals surface area contributed by atoms with Gasteiger partial charge in [-0.25, -0.2) is 18.2 Å². The minimum Gasteiger partial charge on any atom is -0.476 e. The largest absolute Gasteiger partial charge is 0.476 e. The maximum absolute atomic E-state index is 11.5. The van der Waals surface area contributed by atoms with E-state index in [1.165, 1.54) is 12.4 Å². The van der Waals surface area contributed by atoms with Gasteiger partial charge < -0.3 is 10.0 Å². The summed E-state index contributed by atoms with van der Waals surface area (Å²) in [6.45, 7) is 0.858. The highest BCUT2D eigenvalue weighted by atomic mass is 32.2. The van der Waals surface area contributed by atoms with E-state index in [0.717, 1.165) is 0 Å². The smallest absolute Gasteiger partial charge is 0.356 e. The van der Waals surface area contributed by atoms with Crippen molar-refractivity contribution < 1.29 is 18.3 Å². The summed E-state index contributed by atoms with van der Waals surface area (Å²) in [5, 5.41) is 8.83. The van der Waals surface area contributed by atoms with Gasteiger partial charge in [-0.2, -0.15) is 0 Å². The zero-order valence-corrected chi connectivity index (χ0v) is 10.4. The summed E-state index contributed by atoms with van der Waals surface area (Å²) < 4.78 is 22.9. The lowest BCUT2D eigenvalue weighted by Crippen LogP contribution is -2.28. The van der Waals surface area contributed by atoms with Gasteiger partial charge in [0.05, 0.1) is 23.9 Å². The van der Waals surface area contributed by atoms with Crippen molar-refractivity contribution in [1.82, 2.24) is 9.97 Å². The van der Waals surface area contributed by atoms with Crippen LogP contribution in [0.2, 0.25) is 0 Å². The molecule has 98 valence electrons. The Bertz CT molecular complexity index is 558. The van der Waals surface area contributed by atoms with Crippen LogP contribution in [0.1, 0.15) is 16.9 Å². The van der Waals surface area contributed by atoms with Crippen LogP contribution in [0.25, 0.3) is 0 Å². The first-order chi connectivity index (χ1) is 8.48. The summed E-state index contributed by atoms with van der Waals surface area (Å²) >= 11 is 0. The molecule has 1 aromatic heterocycles.